The van der Waals surface area contributed by atoms with Crippen LogP contribution in [0.1, 0.15) is 5.69 Å². The van der Waals surface area contributed by atoms with Crippen molar-refractivity contribution >= 4 is 17.6 Å². The van der Waals surface area contributed by atoms with Crippen molar-refractivity contribution in [3.63, 3.8) is 0 Å². The number of halogens is 1. The van der Waals surface area contributed by atoms with Gasteiger partial charge in [-0.2, -0.15) is 4.98 Å². The van der Waals surface area contributed by atoms with Crippen molar-refractivity contribution in [3.05, 3.63) is 41.2 Å². The molecule has 0 aliphatic carbocycles. The van der Waals surface area contributed by atoms with Gasteiger partial charge in [-0.3, -0.25) is 0 Å². The molecule has 1 aromatic carbocycles. The van der Waals surface area contributed by atoms with E-state index in [-0.39, 0.29) is 12.6 Å². The summed E-state index contributed by atoms with van der Waals surface area (Å²) in [4.78, 5) is 3.90. The van der Waals surface area contributed by atoms with Gasteiger partial charge in [0.25, 0.3) is 6.01 Å². The van der Waals surface area contributed by atoms with Crippen molar-refractivity contribution in [2.45, 2.75) is 6.61 Å². The Morgan fingerprint density at radius 2 is 2.20 bits per heavy atom. The maximum Gasteiger partial charge on any atom is 0.292 e. The third-order valence-corrected chi connectivity index (χ3v) is 2.09. The number of hydrogen-bond acceptors (Lipinski definition) is 4. The molecule has 78 valence electrons. The lowest BCUT2D eigenvalue weighted by Crippen LogP contribution is -1.96. The number of nitrogens with two attached hydrogens (primary N) is 1. The van der Waals surface area contributed by atoms with Gasteiger partial charge in [0.05, 0.1) is 5.02 Å². The lowest BCUT2D eigenvalue weighted by Gasteiger charge is -2.04. The molecule has 1 heterocycles. The van der Waals surface area contributed by atoms with Crippen LogP contribution in [0.4, 0.5) is 6.01 Å². The van der Waals surface area contributed by atoms with Gasteiger partial charge in [0.1, 0.15) is 24.3 Å². The minimum Gasteiger partial charge on any atom is -0.486 e. The summed E-state index contributed by atoms with van der Waals surface area (Å²) < 4.78 is 10.3. The van der Waals surface area contributed by atoms with E-state index in [1.165, 1.54) is 6.26 Å². The summed E-state index contributed by atoms with van der Waals surface area (Å²) in [5, 5.41) is 0.564. The Balaban J connectivity index is 2.02. The number of para-hydroxylation sites is 1. The first kappa shape index (κ1) is 9.86. The van der Waals surface area contributed by atoms with Gasteiger partial charge >= 0.3 is 0 Å². The average molecular weight is 225 g/mol. The first-order valence-electron chi connectivity index (χ1n) is 4.33. The maximum atomic E-state index is 5.90. The number of nitrogen functional groups attached to an aromatic ring is 1. The van der Waals surface area contributed by atoms with E-state index in [0.717, 1.165) is 0 Å². The molecule has 0 aliphatic heterocycles. The van der Waals surface area contributed by atoms with E-state index < -0.39 is 0 Å². The van der Waals surface area contributed by atoms with Crippen molar-refractivity contribution in [3.8, 4) is 5.75 Å². The largest absolute Gasteiger partial charge is 0.486 e. The quantitative estimate of drug-likeness (QED) is 0.870. The Hall–Kier alpha value is -1.68. The summed E-state index contributed by atoms with van der Waals surface area (Å²) in [6, 6.07) is 7.36. The summed E-state index contributed by atoms with van der Waals surface area (Å²) in [7, 11) is 0. The Labute approximate surface area is 91.6 Å². The molecule has 5 heteroatoms. The Morgan fingerprint density at radius 3 is 2.87 bits per heavy atom. The first-order valence-corrected chi connectivity index (χ1v) is 4.71. The molecule has 2 aromatic rings. The van der Waals surface area contributed by atoms with Gasteiger partial charge in [-0.05, 0) is 12.1 Å². The number of benzene rings is 1. The van der Waals surface area contributed by atoms with Gasteiger partial charge < -0.3 is 14.9 Å². The second-order valence-electron chi connectivity index (χ2n) is 2.90. The smallest absolute Gasteiger partial charge is 0.292 e. The summed E-state index contributed by atoms with van der Waals surface area (Å²) in [6.07, 6.45) is 1.45. The number of ether oxygens (including phenoxy) is 1. The third kappa shape index (κ3) is 2.41. The molecule has 0 radical (unpaired) electrons. The van der Waals surface area contributed by atoms with E-state index in [2.05, 4.69) is 4.98 Å². The zero-order valence-corrected chi connectivity index (χ0v) is 8.57. The molecule has 0 bridgehead atoms. The molecule has 0 atom stereocenters. The maximum absolute atomic E-state index is 5.90. The zero-order valence-electron chi connectivity index (χ0n) is 7.81. The van der Waals surface area contributed by atoms with Crippen LogP contribution in [0.25, 0.3) is 0 Å². The molecule has 4 nitrogen and oxygen atoms in total. The number of rotatable bonds is 3. The van der Waals surface area contributed by atoms with Crippen LogP contribution < -0.4 is 10.5 Å². The summed E-state index contributed by atoms with van der Waals surface area (Å²) in [5.41, 5.74) is 5.95. The van der Waals surface area contributed by atoms with Gasteiger partial charge in [0, 0.05) is 0 Å². The van der Waals surface area contributed by atoms with Crippen molar-refractivity contribution in [2.75, 3.05) is 5.73 Å². The van der Waals surface area contributed by atoms with Crippen molar-refractivity contribution in [1.82, 2.24) is 4.98 Å². The lowest BCUT2D eigenvalue weighted by atomic mass is 10.3. The molecule has 0 aliphatic rings. The summed E-state index contributed by atoms with van der Waals surface area (Å²) in [6.45, 7) is 0.282. The molecule has 2 rings (SSSR count). The highest BCUT2D eigenvalue weighted by Crippen LogP contribution is 2.23. The second-order valence-corrected chi connectivity index (χ2v) is 3.30. The SMILES string of the molecule is Nc1nc(COc2ccccc2Cl)co1. The number of anilines is 1. The standard InChI is InChI=1S/C10H9ClN2O2/c11-8-3-1-2-4-9(8)14-5-7-6-15-10(12)13-7/h1-4,6H,5H2,(H2,12,13). The minimum atomic E-state index is 0.132. The van der Waals surface area contributed by atoms with Gasteiger partial charge in [0.2, 0.25) is 0 Å². The molecule has 0 fully saturated rings. The predicted molar refractivity (Wildman–Crippen MR) is 56.7 cm³/mol. The van der Waals surface area contributed by atoms with Crippen LogP contribution in [-0.2, 0) is 6.61 Å². The van der Waals surface area contributed by atoms with Crippen molar-refractivity contribution in [1.29, 1.82) is 0 Å². The average Bonchev–Trinajstić information content (AvgIpc) is 2.63. The van der Waals surface area contributed by atoms with Gasteiger partial charge in [-0.1, -0.05) is 23.7 Å². The van der Waals surface area contributed by atoms with E-state index in [0.29, 0.717) is 16.5 Å². The molecule has 0 saturated carbocycles. The Bertz CT molecular complexity index is 456. The van der Waals surface area contributed by atoms with Gasteiger partial charge in [-0.15, -0.1) is 0 Å². The second kappa shape index (κ2) is 4.23. The number of oxazole rings is 1. The Kier molecular flexibility index (Phi) is 2.78. The van der Waals surface area contributed by atoms with Crippen molar-refractivity contribution in [2.24, 2.45) is 0 Å². The Morgan fingerprint density at radius 1 is 1.40 bits per heavy atom. The minimum absolute atomic E-state index is 0.132. The molecule has 15 heavy (non-hydrogen) atoms. The molecule has 0 saturated heterocycles. The van der Waals surface area contributed by atoms with E-state index in [1.54, 1.807) is 12.1 Å². The summed E-state index contributed by atoms with van der Waals surface area (Å²) >= 11 is 5.90. The molecule has 1 aromatic heterocycles. The van der Waals surface area contributed by atoms with Crippen LogP contribution >= 0.6 is 11.6 Å². The third-order valence-electron chi connectivity index (χ3n) is 1.78. The highest BCUT2D eigenvalue weighted by atomic mass is 35.5. The summed E-state index contributed by atoms with van der Waals surface area (Å²) in [5.74, 6) is 0.612. The fourth-order valence-corrected chi connectivity index (χ4v) is 1.29. The predicted octanol–water partition coefficient (Wildman–Crippen LogP) is 2.49. The fourth-order valence-electron chi connectivity index (χ4n) is 1.10. The lowest BCUT2D eigenvalue weighted by molar-refractivity contribution is 0.301. The molecule has 2 N–H and O–H groups in total. The molecular formula is C10H9ClN2O2. The zero-order chi connectivity index (χ0) is 10.7. The normalized spacial score (nSPS) is 10.2. The van der Waals surface area contributed by atoms with Crippen LogP contribution in [0, 0.1) is 0 Å². The molecule has 0 spiro atoms. The molecule has 0 amide bonds. The van der Waals surface area contributed by atoms with Crippen LogP contribution in [0.3, 0.4) is 0 Å². The van der Waals surface area contributed by atoms with Crippen LogP contribution in [0.2, 0.25) is 5.02 Å². The van der Waals surface area contributed by atoms with E-state index in [4.69, 9.17) is 26.5 Å². The monoisotopic (exact) mass is 224 g/mol. The molecular weight excluding hydrogens is 216 g/mol. The van der Waals surface area contributed by atoms with Crippen LogP contribution in [0.5, 0.6) is 5.75 Å². The van der Waals surface area contributed by atoms with Crippen molar-refractivity contribution < 1.29 is 9.15 Å². The highest BCUT2D eigenvalue weighted by molar-refractivity contribution is 6.32. The van der Waals surface area contributed by atoms with Gasteiger partial charge in [-0.25, -0.2) is 0 Å². The number of nitrogens with zero attached hydrogens (tertiary/aromatic N) is 1. The number of hydrogen-bond donors (Lipinski definition) is 1. The van der Waals surface area contributed by atoms with Gasteiger partial charge in [0.15, 0.2) is 0 Å². The first-order chi connectivity index (χ1) is 7.25. The van der Waals surface area contributed by atoms with Crippen LogP contribution in [-0.4, -0.2) is 4.98 Å². The van der Waals surface area contributed by atoms with Crippen LogP contribution in [0.15, 0.2) is 34.9 Å². The van der Waals surface area contributed by atoms with E-state index in [1.807, 2.05) is 12.1 Å². The molecule has 0 unspecified atom stereocenters. The highest BCUT2D eigenvalue weighted by Gasteiger charge is 2.03. The van der Waals surface area contributed by atoms with E-state index in [9.17, 15) is 0 Å². The fraction of sp³-hybridized carbons (Fsp3) is 0.100. The van der Waals surface area contributed by atoms with E-state index >= 15 is 0 Å². The number of aromatic nitrogens is 1. The topological polar surface area (TPSA) is 61.3 Å².